The van der Waals surface area contributed by atoms with E-state index in [9.17, 15) is 4.79 Å². The Labute approximate surface area is 94.2 Å². The minimum Gasteiger partial charge on any atom is -0.481 e. The lowest BCUT2D eigenvalue weighted by molar-refractivity contribution is -0.138. The molecule has 1 fully saturated rings. The molecule has 2 unspecified atom stereocenters. The van der Waals surface area contributed by atoms with Gasteiger partial charge in [-0.15, -0.1) is 0 Å². The number of rotatable bonds is 3. The molecule has 4 heteroatoms. The molecule has 1 aromatic carbocycles. The summed E-state index contributed by atoms with van der Waals surface area (Å²) < 4.78 is 5.42. The number of aliphatic carboxylic acids is 1. The summed E-state index contributed by atoms with van der Waals surface area (Å²) in [5.74, 6) is -0.796. The molecular weight excluding hydrogens is 206 g/mol. The number of carbonyl (C=O) groups is 1. The van der Waals surface area contributed by atoms with E-state index in [0.717, 1.165) is 5.56 Å². The first kappa shape index (κ1) is 11.1. The van der Waals surface area contributed by atoms with Gasteiger partial charge in [-0.25, -0.2) is 0 Å². The lowest BCUT2D eigenvalue weighted by Gasteiger charge is -2.30. The Morgan fingerprint density at radius 1 is 1.38 bits per heavy atom. The lowest BCUT2D eigenvalue weighted by Crippen LogP contribution is -2.44. The van der Waals surface area contributed by atoms with Crippen molar-refractivity contribution in [3.05, 3.63) is 35.9 Å². The van der Waals surface area contributed by atoms with Crippen LogP contribution in [0.4, 0.5) is 0 Å². The fourth-order valence-electron chi connectivity index (χ4n) is 1.92. The van der Waals surface area contributed by atoms with Gasteiger partial charge in [0.1, 0.15) is 0 Å². The third-order valence-corrected chi connectivity index (χ3v) is 2.66. The lowest BCUT2D eigenvalue weighted by atomic mass is 10.0. The van der Waals surface area contributed by atoms with Crippen molar-refractivity contribution in [2.45, 2.75) is 18.5 Å². The van der Waals surface area contributed by atoms with Gasteiger partial charge in [-0.3, -0.25) is 4.79 Å². The van der Waals surface area contributed by atoms with Crippen LogP contribution in [0.2, 0.25) is 0 Å². The molecule has 2 rings (SSSR count). The summed E-state index contributed by atoms with van der Waals surface area (Å²) >= 11 is 0. The van der Waals surface area contributed by atoms with Crippen molar-refractivity contribution >= 4 is 5.97 Å². The van der Waals surface area contributed by atoms with Gasteiger partial charge in [-0.1, -0.05) is 30.3 Å². The van der Waals surface area contributed by atoms with E-state index in [-0.39, 0.29) is 18.5 Å². The van der Waals surface area contributed by atoms with Crippen LogP contribution >= 0.6 is 0 Å². The predicted octanol–water partition coefficient (Wildman–Crippen LogP) is 1.19. The van der Waals surface area contributed by atoms with E-state index in [1.807, 2.05) is 30.3 Å². The molecule has 1 aliphatic heterocycles. The van der Waals surface area contributed by atoms with E-state index >= 15 is 0 Å². The molecule has 1 aromatic rings. The number of ether oxygens (including phenoxy) is 1. The van der Waals surface area contributed by atoms with Crippen LogP contribution in [0.1, 0.15) is 18.0 Å². The molecule has 0 saturated carbocycles. The minimum absolute atomic E-state index is 0.0966. The smallest absolute Gasteiger partial charge is 0.305 e. The quantitative estimate of drug-likeness (QED) is 0.805. The average Bonchev–Trinajstić information content (AvgIpc) is 2.30. The van der Waals surface area contributed by atoms with Crippen LogP contribution in [0.5, 0.6) is 0 Å². The van der Waals surface area contributed by atoms with Crippen LogP contribution in [0.15, 0.2) is 30.3 Å². The Morgan fingerprint density at radius 2 is 2.12 bits per heavy atom. The summed E-state index contributed by atoms with van der Waals surface area (Å²) in [6, 6.07) is 9.93. The van der Waals surface area contributed by atoms with Crippen molar-refractivity contribution in [2.75, 3.05) is 13.2 Å². The van der Waals surface area contributed by atoms with E-state index in [4.69, 9.17) is 9.84 Å². The number of carboxylic acid groups (broad SMARTS) is 1. The molecule has 0 aromatic heterocycles. The molecule has 0 aliphatic carbocycles. The van der Waals surface area contributed by atoms with Crippen molar-refractivity contribution in [3.63, 3.8) is 0 Å². The van der Waals surface area contributed by atoms with Crippen LogP contribution in [-0.4, -0.2) is 30.3 Å². The van der Waals surface area contributed by atoms with Crippen molar-refractivity contribution in [2.24, 2.45) is 0 Å². The molecule has 1 saturated heterocycles. The molecule has 86 valence electrons. The molecule has 4 nitrogen and oxygen atoms in total. The predicted molar refractivity (Wildman–Crippen MR) is 59.2 cm³/mol. The van der Waals surface area contributed by atoms with Crippen molar-refractivity contribution in [3.8, 4) is 0 Å². The molecule has 0 spiro atoms. The highest BCUT2D eigenvalue weighted by atomic mass is 16.5. The number of carboxylic acids is 1. The maximum absolute atomic E-state index is 10.6. The van der Waals surface area contributed by atoms with Gasteiger partial charge in [-0.05, 0) is 5.56 Å². The topological polar surface area (TPSA) is 58.6 Å². The first-order valence-electron chi connectivity index (χ1n) is 5.36. The van der Waals surface area contributed by atoms with Crippen LogP contribution in [-0.2, 0) is 9.53 Å². The number of hydrogen-bond donors (Lipinski definition) is 2. The summed E-state index contributed by atoms with van der Waals surface area (Å²) in [6.07, 6.45) is 0.101. The zero-order valence-electron chi connectivity index (χ0n) is 8.93. The van der Waals surface area contributed by atoms with E-state index in [0.29, 0.717) is 13.2 Å². The summed E-state index contributed by atoms with van der Waals surface area (Å²) in [5.41, 5.74) is 1.14. The first-order valence-corrected chi connectivity index (χ1v) is 5.36. The van der Waals surface area contributed by atoms with Gasteiger partial charge in [0.25, 0.3) is 0 Å². The SMILES string of the molecule is O=C(O)CC1COCC(c2ccccc2)N1. The first-order chi connectivity index (χ1) is 7.75. The fourth-order valence-corrected chi connectivity index (χ4v) is 1.92. The van der Waals surface area contributed by atoms with Crippen LogP contribution < -0.4 is 5.32 Å². The molecule has 1 aliphatic rings. The number of nitrogens with one attached hydrogen (secondary N) is 1. The third-order valence-electron chi connectivity index (χ3n) is 2.66. The Kier molecular flexibility index (Phi) is 3.54. The zero-order valence-corrected chi connectivity index (χ0v) is 8.93. The van der Waals surface area contributed by atoms with Gasteiger partial charge in [0, 0.05) is 6.04 Å². The van der Waals surface area contributed by atoms with Crippen LogP contribution in [0, 0.1) is 0 Å². The van der Waals surface area contributed by atoms with Gasteiger partial charge in [0.05, 0.1) is 25.7 Å². The minimum atomic E-state index is -0.796. The molecule has 0 radical (unpaired) electrons. The Bertz CT molecular complexity index is 353. The number of benzene rings is 1. The van der Waals surface area contributed by atoms with E-state index in [2.05, 4.69) is 5.32 Å². The fraction of sp³-hybridized carbons (Fsp3) is 0.417. The van der Waals surface area contributed by atoms with Gasteiger partial charge >= 0.3 is 5.97 Å². The number of hydrogen-bond acceptors (Lipinski definition) is 3. The molecule has 0 amide bonds. The Hall–Kier alpha value is -1.39. The van der Waals surface area contributed by atoms with Crippen LogP contribution in [0.3, 0.4) is 0 Å². The van der Waals surface area contributed by atoms with Crippen molar-refractivity contribution in [1.29, 1.82) is 0 Å². The average molecular weight is 221 g/mol. The Balaban J connectivity index is 1.99. The van der Waals surface area contributed by atoms with E-state index in [1.54, 1.807) is 0 Å². The summed E-state index contributed by atoms with van der Waals surface area (Å²) in [5, 5.41) is 12.0. The molecule has 0 bridgehead atoms. The van der Waals surface area contributed by atoms with Gasteiger partial charge in [0.15, 0.2) is 0 Å². The van der Waals surface area contributed by atoms with E-state index in [1.165, 1.54) is 0 Å². The molecule has 1 heterocycles. The van der Waals surface area contributed by atoms with Gasteiger partial charge < -0.3 is 15.2 Å². The largest absolute Gasteiger partial charge is 0.481 e. The van der Waals surface area contributed by atoms with Crippen molar-refractivity contribution < 1.29 is 14.6 Å². The molecular formula is C12H15NO3. The summed E-state index contributed by atoms with van der Waals surface area (Å²) in [6.45, 7) is 1.07. The Morgan fingerprint density at radius 3 is 2.81 bits per heavy atom. The standard InChI is InChI=1S/C12H15NO3/c14-12(15)6-10-7-16-8-11(13-10)9-4-2-1-3-5-9/h1-5,10-11,13H,6-8H2,(H,14,15). The third kappa shape index (κ3) is 2.81. The monoisotopic (exact) mass is 221 g/mol. The molecule has 16 heavy (non-hydrogen) atoms. The zero-order chi connectivity index (χ0) is 11.4. The highest BCUT2D eigenvalue weighted by Gasteiger charge is 2.24. The summed E-state index contributed by atoms with van der Waals surface area (Å²) in [7, 11) is 0. The molecule has 2 atom stereocenters. The normalized spacial score (nSPS) is 25.2. The maximum atomic E-state index is 10.6. The molecule has 2 N–H and O–H groups in total. The number of morpholine rings is 1. The summed E-state index contributed by atoms with van der Waals surface area (Å²) in [4.78, 5) is 10.6. The second kappa shape index (κ2) is 5.09. The van der Waals surface area contributed by atoms with E-state index < -0.39 is 5.97 Å². The van der Waals surface area contributed by atoms with Crippen molar-refractivity contribution in [1.82, 2.24) is 5.32 Å². The van der Waals surface area contributed by atoms with Crippen LogP contribution in [0.25, 0.3) is 0 Å². The highest BCUT2D eigenvalue weighted by molar-refractivity contribution is 5.67. The van der Waals surface area contributed by atoms with Gasteiger partial charge in [0.2, 0.25) is 0 Å². The second-order valence-electron chi connectivity index (χ2n) is 3.96. The highest BCUT2D eigenvalue weighted by Crippen LogP contribution is 2.18. The second-order valence-corrected chi connectivity index (χ2v) is 3.96. The van der Waals surface area contributed by atoms with Gasteiger partial charge in [-0.2, -0.15) is 0 Å². The maximum Gasteiger partial charge on any atom is 0.305 e.